The molecule has 302 valence electrons. The monoisotopic (exact) mass is 746 g/mol. The average molecular weight is 746 g/mol. The molecule has 1 heterocycles. The number of likely N-dealkylation sites (N-methyl/N-ethyl adjacent to an activating group) is 2. The number of hydrogen-bond donors (Lipinski definition) is 3. The Morgan fingerprint density at radius 2 is 1.55 bits per heavy atom. The van der Waals surface area contributed by atoms with E-state index in [-0.39, 0.29) is 59.9 Å². The summed E-state index contributed by atoms with van der Waals surface area (Å²) in [5, 5.41) is 16.9. The quantitative estimate of drug-likeness (QED) is 0.170. The summed E-state index contributed by atoms with van der Waals surface area (Å²) in [7, 11) is 8.60. The summed E-state index contributed by atoms with van der Waals surface area (Å²) in [6, 6.07) is 6.76. The normalized spacial score (nSPS) is 19.9. The van der Waals surface area contributed by atoms with Crippen molar-refractivity contribution in [3.8, 4) is 0 Å². The van der Waals surface area contributed by atoms with Crippen LogP contribution in [0.5, 0.6) is 0 Å². The Bertz CT molecular complexity index is 1290. The van der Waals surface area contributed by atoms with Gasteiger partial charge in [0.15, 0.2) is 0 Å². The SMILES string of the molecule is CCC(C)C(C(CC(=O)N1CCCC1C(OC)C(C)C(=O)NC(C)C(O)c1ccccc1)OC)N(C)C(=O)[C@H](CC(C)C)NC(=O)C(C(C)C)N(C)C. The van der Waals surface area contributed by atoms with Crippen LogP contribution in [0.25, 0.3) is 0 Å². The maximum Gasteiger partial charge on any atom is 0.245 e. The van der Waals surface area contributed by atoms with Crippen molar-refractivity contribution >= 4 is 23.6 Å². The lowest BCUT2D eigenvalue weighted by Gasteiger charge is -2.40. The number of aliphatic hydroxyl groups excluding tert-OH is 1. The van der Waals surface area contributed by atoms with Gasteiger partial charge in [0.1, 0.15) is 6.04 Å². The van der Waals surface area contributed by atoms with Crippen molar-refractivity contribution in [3.63, 3.8) is 0 Å². The third-order valence-corrected chi connectivity index (χ3v) is 11.0. The molecule has 1 aromatic carbocycles. The highest BCUT2D eigenvalue weighted by molar-refractivity contribution is 5.90. The van der Waals surface area contributed by atoms with Gasteiger partial charge in [0.05, 0.1) is 54.8 Å². The molecule has 53 heavy (non-hydrogen) atoms. The first-order valence-electron chi connectivity index (χ1n) is 19.5. The van der Waals surface area contributed by atoms with E-state index in [9.17, 15) is 24.3 Å². The summed E-state index contributed by atoms with van der Waals surface area (Å²) in [6.45, 7) is 16.2. The number of amides is 4. The Kier molecular flexibility index (Phi) is 18.9. The molecule has 0 radical (unpaired) electrons. The van der Waals surface area contributed by atoms with Crippen LogP contribution in [0.2, 0.25) is 0 Å². The summed E-state index contributed by atoms with van der Waals surface area (Å²) in [6.07, 6.45) is 0.629. The van der Waals surface area contributed by atoms with Gasteiger partial charge in [-0.3, -0.25) is 24.1 Å². The Hall–Kier alpha value is -3.06. The molecule has 1 aliphatic heterocycles. The number of carbonyl (C=O) groups is 4. The van der Waals surface area contributed by atoms with E-state index in [1.165, 1.54) is 0 Å². The molecule has 0 saturated carbocycles. The molecule has 1 fully saturated rings. The fraction of sp³-hybridized carbons (Fsp3) is 0.756. The van der Waals surface area contributed by atoms with Gasteiger partial charge in [0.25, 0.3) is 0 Å². The van der Waals surface area contributed by atoms with Crippen LogP contribution in [-0.2, 0) is 28.7 Å². The van der Waals surface area contributed by atoms with Crippen molar-refractivity contribution < 1.29 is 33.8 Å². The van der Waals surface area contributed by atoms with Crippen LogP contribution in [0, 0.1) is 23.7 Å². The van der Waals surface area contributed by atoms with E-state index in [1.54, 1.807) is 44.9 Å². The Balaban J connectivity index is 2.27. The molecule has 0 aromatic heterocycles. The van der Waals surface area contributed by atoms with Crippen molar-refractivity contribution in [1.82, 2.24) is 25.3 Å². The van der Waals surface area contributed by atoms with E-state index in [2.05, 4.69) is 17.6 Å². The smallest absolute Gasteiger partial charge is 0.245 e. The average Bonchev–Trinajstić information content (AvgIpc) is 3.59. The molecule has 9 unspecified atom stereocenters. The molecular weight excluding hydrogens is 674 g/mol. The number of nitrogens with zero attached hydrogens (tertiary/aromatic N) is 3. The van der Waals surface area contributed by atoms with Crippen molar-refractivity contribution in [2.75, 3.05) is 41.9 Å². The van der Waals surface area contributed by atoms with Crippen LogP contribution in [0.15, 0.2) is 30.3 Å². The lowest BCUT2D eigenvalue weighted by atomic mass is 9.89. The van der Waals surface area contributed by atoms with Crippen molar-refractivity contribution in [2.24, 2.45) is 23.7 Å². The molecule has 2 rings (SSSR count). The number of hydrogen-bond acceptors (Lipinski definition) is 8. The number of methoxy groups -OCH3 is 2. The summed E-state index contributed by atoms with van der Waals surface area (Å²) in [4.78, 5) is 60.8. The standard InChI is InChI=1S/C41H71N5O7/c1-14-27(6)36(45(11)41(51)31(23-25(2)3)43-40(50)35(26(4)5)44(9)10)33(52-12)24-34(47)46-22-18-21-32(46)38(53-13)28(7)39(49)42-29(8)37(48)30-19-16-15-17-20-30/h15-17,19-20,25-29,31-33,35-38,48H,14,18,21-24H2,1-13H3,(H,42,49)(H,43,50)/t27?,28?,29?,31-,32?,33?,35?,36?,37?,38?/m0/s1. The van der Waals surface area contributed by atoms with Crippen LogP contribution in [-0.4, -0.2) is 128 Å². The predicted octanol–water partition coefficient (Wildman–Crippen LogP) is 4.26. The molecule has 0 bridgehead atoms. The summed E-state index contributed by atoms with van der Waals surface area (Å²) < 4.78 is 12.0. The summed E-state index contributed by atoms with van der Waals surface area (Å²) in [5.41, 5.74) is 0.712. The van der Waals surface area contributed by atoms with Crippen LogP contribution in [0.1, 0.15) is 99.2 Å². The van der Waals surface area contributed by atoms with Crippen LogP contribution in [0.4, 0.5) is 0 Å². The minimum absolute atomic E-state index is 0.0136. The van der Waals surface area contributed by atoms with E-state index in [1.807, 2.05) is 83.9 Å². The van der Waals surface area contributed by atoms with Crippen molar-refractivity contribution in [3.05, 3.63) is 35.9 Å². The highest BCUT2D eigenvalue weighted by Crippen LogP contribution is 2.30. The van der Waals surface area contributed by atoms with Gasteiger partial charge >= 0.3 is 0 Å². The van der Waals surface area contributed by atoms with Crippen LogP contribution in [0.3, 0.4) is 0 Å². The molecule has 1 aliphatic rings. The van der Waals surface area contributed by atoms with Gasteiger partial charge in [-0.1, -0.05) is 85.2 Å². The second kappa shape index (κ2) is 21.7. The Morgan fingerprint density at radius 3 is 2.06 bits per heavy atom. The molecule has 10 atom stereocenters. The third-order valence-electron chi connectivity index (χ3n) is 11.0. The predicted molar refractivity (Wildman–Crippen MR) is 209 cm³/mol. The molecule has 0 aliphatic carbocycles. The summed E-state index contributed by atoms with van der Waals surface area (Å²) >= 11 is 0. The van der Waals surface area contributed by atoms with Gasteiger partial charge in [-0.05, 0) is 63.6 Å². The first-order chi connectivity index (χ1) is 24.9. The van der Waals surface area contributed by atoms with Crippen molar-refractivity contribution in [2.45, 2.75) is 136 Å². The molecule has 12 heteroatoms. The second-order valence-corrected chi connectivity index (χ2v) is 16.1. The largest absolute Gasteiger partial charge is 0.386 e. The van der Waals surface area contributed by atoms with Gasteiger partial charge in [-0.2, -0.15) is 0 Å². The molecule has 12 nitrogen and oxygen atoms in total. The first kappa shape index (κ1) is 46.1. The van der Waals surface area contributed by atoms with Gasteiger partial charge in [0, 0.05) is 27.8 Å². The highest BCUT2D eigenvalue weighted by atomic mass is 16.5. The topological polar surface area (TPSA) is 141 Å². The molecule has 0 spiro atoms. The van der Waals surface area contributed by atoms with E-state index in [0.717, 1.165) is 12.8 Å². The zero-order chi connectivity index (χ0) is 40.2. The number of aliphatic hydroxyl groups is 1. The minimum atomic E-state index is -0.876. The van der Waals surface area contributed by atoms with Gasteiger partial charge in [0.2, 0.25) is 23.6 Å². The van der Waals surface area contributed by atoms with E-state index in [4.69, 9.17) is 9.47 Å². The van der Waals surface area contributed by atoms with Crippen molar-refractivity contribution in [1.29, 1.82) is 0 Å². The molecule has 1 saturated heterocycles. The number of benzene rings is 1. The zero-order valence-corrected chi connectivity index (χ0v) is 34.8. The molecule has 1 aromatic rings. The maximum absolute atomic E-state index is 14.3. The number of carbonyl (C=O) groups excluding carboxylic acids is 4. The Labute approximate surface area is 319 Å². The lowest BCUT2D eigenvalue weighted by Crippen LogP contribution is -2.58. The minimum Gasteiger partial charge on any atom is -0.386 e. The molecule has 4 amide bonds. The summed E-state index contributed by atoms with van der Waals surface area (Å²) in [5.74, 6) is -1.21. The van der Waals surface area contributed by atoms with Gasteiger partial charge in [-0.15, -0.1) is 0 Å². The van der Waals surface area contributed by atoms with Gasteiger partial charge in [-0.25, -0.2) is 0 Å². The highest BCUT2D eigenvalue weighted by Gasteiger charge is 2.43. The van der Waals surface area contributed by atoms with E-state index < -0.39 is 42.4 Å². The number of likely N-dealkylation sites (tertiary alicyclic amines) is 1. The van der Waals surface area contributed by atoms with E-state index >= 15 is 0 Å². The maximum atomic E-state index is 14.3. The number of rotatable bonds is 21. The Morgan fingerprint density at radius 1 is 0.925 bits per heavy atom. The number of ether oxygens (including phenoxy) is 2. The zero-order valence-electron chi connectivity index (χ0n) is 34.8. The fourth-order valence-corrected chi connectivity index (χ4v) is 8.01. The first-order valence-corrected chi connectivity index (χ1v) is 19.5. The van der Waals surface area contributed by atoms with Crippen LogP contribution < -0.4 is 10.6 Å². The van der Waals surface area contributed by atoms with Gasteiger partial charge < -0.3 is 35.0 Å². The van der Waals surface area contributed by atoms with E-state index in [0.29, 0.717) is 24.9 Å². The second-order valence-electron chi connectivity index (χ2n) is 16.1. The van der Waals surface area contributed by atoms with Crippen LogP contribution >= 0.6 is 0 Å². The molecule has 3 N–H and O–H groups in total. The number of nitrogens with one attached hydrogen (secondary N) is 2. The lowest BCUT2D eigenvalue weighted by molar-refractivity contribution is -0.147. The molecular formula is C41H71N5O7. The fourth-order valence-electron chi connectivity index (χ4n) is 8.01. The third kappa shape index (κ3) is 12.5.